The molecule has 3 unspecified atom stereocenters. The van der Waals surface area contributed by atoms with Crippen LogP contribution in [0.4, 0.5) is 0 Å². The Labute approximate surface area is 68.7 Å². The summed E-state index contributed by atoms with van der Waals surface area (Å²) >= 11 is 0. The zero-order chi connectivity index (χ0) is 7.84. The van der Waals surface area contributed by atoms with Gasteiger partial charge in [-0.05, 0) is 24.7 Å². The topological polar surface area (TPSA) is 29.3 Å². The Balaban J connectivity index is 1.85. The van der Waals surface area contributed by atoms with E-state index in [4.69, 9.17) is 5.73 Å². The summed E-state index contributed by atoms with van der Waals surface area (Å²) in [5.74, 6) is 2.10. The van der Waals surface area contributed by atoms with Gasteiger partial charge in [0.1, 0.15) is 0 Å². The van der Waals surface area contributed by atoms with Crippen molar-refractivity contribution >= 4 is 0 Å². The lowest BCUT2D eigenvalue weighted by atomic mass is 10.2. The second-order valence-electron chi connectivity index (χ2n) is 4.01. The Morgan fingerprint density at radius 2 is 2.09 bits per heavy atom. The molecule has 2 fully saturated rings. The van der Waals surface area contributed by atoms with E-state index in [1.165, 1.54) is 25.9 Å². The molecule has 0 aromatic heterocycles. The molecule has 2 rings (SSSR count). The lowest BCUT2D eigenvalue weighted by molar-refractivity contribution is 0.218. The van der Waals surface area contributed by atoms with E-state index in [1.54, 1.807) is 0 Å². The van der Waals surface area contributed by atoms with E-state index in [0.717, 1.165) is 18.4 Å². The van der Waals surface area contributed by atoms with Gasteiger partial charge in [0.2, 0.25) is 0 Å². The highest BCUT2D eigenvalue weighted by Gasteiger charge is 2.46. The summed E-state index contributed by atoms with van der Waals surface area (Å²) in [6, 6.07) is 0.669. The Hall–Kier alpha value is -0.0800. The van der Waals surface area contributed by atoms with Crippen LogP contribution < -0.4 is 5.73 Å². The van der Waals surface area contributed by atoms with Crippen LogP contribution in [0.1, 0.15) is 19.8 Å². The maximum atomic E-state index is 5.68. The lowest BCUT2D eigenvalue weighted by Gasteiger charge is -2.26. The molecule has 0 aromatic carbocycles. The Morgan fingerprint density at radius 1 is 1.45 bits per heavy atom. The van der Waals surface area contributed by atoms with Crippen LogP contribution in [0.2, 0.25) is 0 Å². The van der Waals surface area contributed by atoms with Crippen molar-refractivity contribution in [3.8, 4) is 0 Å². The summed E-state index contributed by atoms with van der Waals surface area (Å²) in [6.07, 6.45) is 2.72. The molecule has 0 spiro atoms. The van der Waals surface area contributed by atoms with Crippen molar-refractivity contribution in [1.82, 2.24) is 4.90 Å². The second-order valence-corrected chi connectivity index (χ2v) is 4.01. The van der Waals surface area contributed by atoms with Gasteiger partial charge >= 0.3 is 0 Å². The van der Waals surface area contributed by atoms with Gasteiger partial charge in [0, 0.05) is 25.7 Å². The van der Waals surface area contributed by atoms with Crippen molar-refractivity contribution in [2.24, 2.45) is 17.6 Å². The average Bonchev–Trinajstić information content (AvgIpc) is 2.62. The molecule has 0 amide bonds. The van der Waals surface area contributed by atoms with E-state index < -0.39 is 0 Å². The summed E-state index contributed by atoms with van der Waals surface area (Å²) in [6.45, 7) is 5.75. The van der Waals surface area contributed by atoms with Gasteiger partial charge in [-0.25, -0.2) is 0 Å². The van der Waals surface area contributed by atoms with Crippen molar-refractivity contribution in [1.29, 1.82) is 0 Å². The summed E-state index contributed by atoms with van der Waals surface area (Å²) in [7, 11) is 0. The van der Waals surface area contributed by atoms with E-state index >= 15 is 0 Å². The maximum Gasteiger partial charge on any atom is 0.0216 e. The van der Waals surface area contributed by atoms with E-state index in [2.05, 4.69) is 11.8 Å². The highest BCUT2D eigenvalue weighted by molar-refractivity contribution is 4.98. The Bertz CT molecular complexity index is 132. The predicted octanol–water partition coefficient (Wildman–Crippen LogP) is 0.675. The summed E-state index contributed by atoms with van der Waals surface area (Å²) < 4.78 is 0. The Kier molecular flexibility index (Phi) is 1.90. The fourth-order valence-corrected chi connectivity index (χ4v) is 2.31. The molecule has 1 aliphatic carbocycles. The third-order valence-corrected chi connectivity index (χ3v) is 3.27. The zero-order valence-corrected chi connectivity index (χ0v) is 7.29. The second kappa shape index (κ2) is 2.76. The van der Waals surface area contributed by atoms with Gasteiger partial charge in [0.05, 0.1) is 0 Å². The third-order valence-electron chi connectivity index (χ3n) is 3.27. The van der Waals surface area contributed by atoms with Gasteiger partial charge in [-0.15, -0.1) is 0 Å². The van der Waals surface area contributed by atoms with E-state index in [0.29, 0.717) is 6.04 Å². The van der Waals surface area contributed by atoms with Crippen molar-refractivity contribution < 1.29 is 0 Å². The summed E-state index contributed by atoms with van der Waals surface area (Å²) in [5, 5.41) is 0. The molecule has 1 saturated carbocycles. The molecule has 2 N–H and O–H groups in total. The van der Waals surface area contributed by atoms with Gasteiger partial charge in [-0.2, -0.15) is 0 Å². The molecular weight excluding hydrogens is 136 g/mol. The quantitative estimate of drug-likeness (QED) is 0.647. The predicted molar refractivity (Wildman–Crippen MR) is 46.3 cm³/mol. The smallest absolute Gasteiger partial charge is 0.0216 e. The number of likely N-dealkylation sites (tertiary alicyclic amines) is 1. The summed E-state index contributed by atoms with van der Waals surface area (Å²) in [4.78, 5) is 2.58. The van der Waals surface area contributed by atoms with Gasteiger partial charge in [0.25, 0.3) is 0 Å². The van der Waals surface area contributed by atoms with Crippen LogP contribution in [0.15, 0.2) is 0 Å². The van der Waals surface area contributed by atoms with Crippen molar-refractivity contribution in [3.05, 3.63) is 0 Å². The maximum absolute atomic E-state index is 5.68. The normalized spacial score (nSPS) is 38.7. The number of nitrogens with zero attached hydrogens (tertiary/aromatic N) is 1. The average molecular weight is 154 g/mol. The third kappa shape index (κ3) is 1.30. The number of rotatable bonds is 3. The molecule has 2 aliphatic rings. The molecule has 64 valence electrons. The van der Waals surface area contributed by atoms with Gasteiger partial charge in [-0.3, -0.25) is 4.90 Å². The minimum absolute atomic E-state index is 0.669. The van der Waals surface area contributed by atoms with Crippen molar-refractivity contribution in [3.63, 3.8) is 0 Å². The fraction of sp³-hybridized carbons (Fsp3) is 1.00. The van der Waals surface area contributed by atoms with Crippen molar-refractivity contribution in [2.45, 2.75) is 25.8 Å². The molecule has 2 nitrogen and oxygen atoms in total. The summed E-state index contributed by atoms with van der Waals surface area (Å²) in [5.41, 5.74) is 5.68. The van der Waals surface area contributed by atoms with Gasteiger partial charge < -0.3 is 5.73 Å². The van der Waals surface area contributed by atoms with Crippen LogP contribution in [0.3, 0.4) is 0 Å². The molecule has 3 atom stereocenters. The molecule has 0 aromatic rings. The largest absolute Gasteiger partial charge is 0.329 e. The first-order valence-corrected chi connectivity index (χ1v) is 4.79. The molecule has 11 heavy (non-hydrogen) atoms. The molecule has 1 saturated heterocycles. The first-order chi connectivity index (χ1) is 5.35. The van der Waals surface area contributed by atoms with Crippen LogP contribution in [0.25, 0.3) is 0 Å². The molecule has 0 bridgehead atoms. The molecule has 1 heterocycles. The highest BCUT2D eigenvalue weighted by Crippen LogP contribution is 2.45. The molecule has 1 aliphatic heterocycles. The number of piperidine rings is 1. The van der Waals surface area contributed by atoms with E-state index in [1.807, 2.05) is 0 Å². The zero-order valence-electron chi connectivity index (χ0n) is 7.29. The lowest BCUT2D eigenvalue weighted by Crippen LogP contribution is -2.39. The van der Waals surface area contributed by atoms with Crippen LogP contribution in [0, 0.1) is 11.8 Å². The monoisotopic (exact) mass is 154 g/mol. The first kappa shape index (κ1) is 7.56. The number of fused-ring (bicyclic) bond motifs is 1. The van der Waals surface area contributed by atoms with E-state index in [9.17, 15) is 0 Å². The fourth-order valence-electron chi connectivity index (χ4n) is 2.31. The number of hydrogen-bond donors (Lipinski definition) is 1. The van der Waals surface area contributed by atoms with Crippen LogP contribution in [-0.4, -0.2) is 30.6 Å². The van der Waals surface area contributed by atoms with Crippen LogP contribution in [-0.2, 0) is 0 Å². The molecule has 2 heteroatoms. The van der Waals surface area contributed by atoms with Gasteiger partial charge in [0.15, 0.2) is 0 Å². The van der Waals surface area contributed by atoms with Crippen LogP contribution >= 0.6 is 0 Å². The highest BCUT2D eigenvalue weighted by atomic mass is 15.2. The van der Waals surface area contributed by atoms with Gasteiger partial charge in [-0.1, -0.05) is 6.92 Å². The van der Waals surface area contributed by atoms with Crippen LogP contribution in [0.5, 0.6) is 0 Å². The Morgan fingerprint density at radius 3 is 2.55 bits per heavy atom. The first-order valence-electron chi connectivity index (χ1n) is 4.79. The SMILES string of the molecule is CCC(CN)N1CC2CC2C1. The van der Waals surface area contributed by atoms with Crippen molar-refractivity contribution in [2.75, 3.05) is 19.6 Å². The minimum Gasteiger partial charge on any atom is -0.329 e. The minimum atomic E-state index is 0.669. The standard InChI is InChI=1S/C9H18N2/c1-2-9(4-10)11-5-7-3-8(7)6-11/h7-9H,2-6,10H2,1H3. The number of hydrogen-bond acceptors (Lipinski definition) is 2. The van der Waals surface area contributed by atoms with E-state index in [-0.39, 0.29) is 0 Å². The number of nitrogens with two attached hydrogens (primary N) is 1. The molecule has 0 radical (unpaired) electrons. The molecular formula is C9H18N2.